The van der Waals surface area contributed by atoms with Crippen molar-refractivity contribution in [3.8, 4) is 17.6 Å². The molecular formula is C62H78N9O11P. The van der Waals surface area contributed by atoms with Crippen molar-refractivity contribution >= 4 is 43.2 Å². The second-order valence-corrected chi connectivity index (χ2v) is 21.7. The Bertz CT molecular complexity index is 3010. The molecule has 1 fully saturated rings. The van der Waals surface area contributed by atoms with Gasteiger partial charge in [-0.3, -0.25) is 19.0 Å². The number of hydrogen-bond donors (Lipinski definition) is 3. The molecule has 7 rings (SSSR count). The molecule has 0 aliphatic carbocycles. The van der Waals surface area contributed by atoms with Crippen LogP contribution in [-0.2, 0) is 43.2 Å². The normalized spacial score (nSPS) is 16.1. The molecule has 442 valence electrons. The number of imidazole rings is 1. The van der Waals surface area contributed by atoms with Gasteiger partial charge in [-0.1, -0.05) is 79.4 Å². The lowest BCUT2D eigenvalue weighted by molar-refractivity contribution is -0.121. The van der Waals surface area contributed by atoms with Crippen molar-refractivity contribution in [2.45, 2.75) is 109 Å². The monoisotopic (exact) mass is 1160 g/mol. The van der Waals surface area contributed by atoms with E-state index in [1.54, 1.807) is 44.6 Å². The first kappa shape index (κ1) is 63.4. The summed E-state index contributed by atoms with van der Waals surface area (Å²) in [6.07, 6.45) is 4.30. The third-order valence-corrected chi connectivity index (χ3v) is 15.7. The van der Waals surface area contributed by atoms with Crippen LogP contribution < -0.4 is 25.4 Å². The summed E-state index contributed by atoms with van der Waals surface area (Å²) in [6.45, 7) is 16.6. The fraction of sp³-hybridized carbons (Fsp3) is 0.435. The number of methoxy groups -OCH3 is 1. The summed E-state index contributed by atoms with van der Waals surface area (Å²) in [5, 5.41) is 18.1. The Morgan fingerprint density at radius 3 is 2.07 bits per heavy atom. The number of nitriles is 1. The summed E-state index contributed by atoms with van der Waals surface area (Å²) < 4.78 is 55.1. The van der Waals surface area contributed by atoms with Gasteiger partial charge in [0.25, 0.3) is 14.4 Å². The van der Waals surface area contributed by atoms with E-state index in [1.165, 1.54) is 6.33 Å². The molecule has 5 atom stereocenters. The molecule has 4 aromatic carbocycles. The molecule has 1 aliphatic heterocycles. The zero-order valence-electron chi connectivity index (χ0n) is 48.4. The molecule has 0 bridgehead atoms. The summed E-state index contributed by atoms with van der Waals surface area (Å²) in [4.78, 5) is 51.1. The number of nitrogens with one attached hydrogen (secondary N) is 3. The van der Waals surface area contributed by atoms with Crippen molar-refractivity contribution < 1.29 is 51.9 Å². The molecular weight excluding hydrogens is 1080 g/mol. The van der Waals surface area contributed by atoms with Crippen LogP contribution >= 0.6 is 8.53 Å². The molecule has 3 N–H and O–H groups in total. The first-order chi connectivity index (χ1) is 40.3. The average molecular weight is 1160 g/mol. The van der Waals surface area contributed by atoms with E-state index in [4.69, 9.17) is 42.5 Å². The molecule has 21 heteroatoms. The maximum absolute atomic E-state index is 13.3. The lowest BCUT2D eigenvalue weighted by Gasteiger charge is -2.39. The number of benzene rings is 4. The van der Waals surface area contributed by atoms with Gasteiger partial charge in [0.2, 0.25) is 11.8 Å². The molecule has 0 radical (unpaired) electrons. The Balaban J connectivity index is 1.06. The number of amides is 3. The lowest BCUT2D eigenvalue weighted by Crippen LogP contribution is -2.39. The molecule has 3 amide bonds. The van der Waals surface area contributed by atoms with Gasteiger partial charge < -0.3 is 53.4 Å². The third-order valence-electron chi connectivity index (χ3n) is 13.6. The van der Waals surface area contributed by atoms with Crippen LogP contribution in [0, 0.1) is 11.3 Å². The van der Waals surface area contributed by atoms with Crippen LogP contribution in [0.4, 0.5) is 5.82 Å². The van der Waals surface area contributed by atoms with Crippen molar-refractivity contribution in [1.29, 1.82) is 5.26 Å². The predicted molar refractivity (Wildman–Crippen MR) is 316 cm³/mol. The number of carbonyl (C=O) groups is 3. The van der Waals surface area contributed by atoms with E-state index in [-0.39, 0.29) is 55.3 Å². The number of ether oxygens (including phenoxy) is 6. The van der Waals surface area contributed by atoms with Crippen LogP contribution in [-0.4, -0.2) is 133 Å². The molecule has 0 saturated carbocycles. The van der Waals surface area contributed by atoms with Gasteiger partial charge in [0.05, 0.1) is 78.3 Å². The zero-order valence-corrected chi connectivity index (χ0v) is 49.3. The van der Waals surface area contributed by atoms with Crippen LogP contribution in [0.3, 0.4) is 0 Å². The number of anilines is 1. The standard InChI is InChI=1S/C62H78N9O11P/c1-44(2)60(73)65-33-37-77-39-38-76-36-32-64-55(72)22-15-10-16-34-78-52-29-25-50(26-30-52)62(48-20-13-9-14-21-48,49-23-27-51(75-7)28-24-49)79-41-54-53(82-83(80-35-17-31-63)71(45(3)4)46(5)6)40-56(81-54)70-43-68-57-58(66-42-67-59(57)70)69-61(74)47-18-11-8-12-19-47/h8-9,11-14,18-21,23-30,42-43,45-46,53-54,56H,1,10,15-17,22,32-41H2,2-7H3,(H,64,72)(H,65,73)(H,66,67,69,74)/t53-,54+,56+,62?,83?/m0/s1. The van der Waals surface area contributed by atoms with Gasteiger partial charge in [-0.15, -0.1) is 0 Å². The highest BCUT2D eigenvalue weighted by atomic mass is 31.2. The zero-order chi connectivity index (χ0) is 59.0. The van der Waals surface area contributed by atoms with E-state index in [9.17, 15) is 19.6 Å². The van der Waals surface area contributed by atoms with Crippen LogP contribution in [0.2, 0.25) is 0 Å². The average Bonchev–Trinajstić information content (AvgIpc) is 4.30. The van der Waals surface area contributed by atoms with Gasteiger partial charge in [-0.25, -0.2) is 19.6 Å². The number of unbranched alkanes of at least 4 members (excludes halogenated alkanes) is 2. The Morgan fingerprint density at radius 2 is 1.43 bits per heavy atom. The summed E-state index contributed by atoms with van der Waals surface area (Å²) in [7, 11) is -0.0815. The molecule has 20 nitrogen and oxygen atoms in total. The molecule has 2 aromatic heterocycles. The Labute approximate surface area is 488 Å². The van der Waals surface area contributed by atoms with Gasteiger partial charge in [0.1, 0.15) is 35.8 Å². The Morgan fingerprint density at radius 1 is 0.795 bits per heavy atom. The van der Waals surface area contributed by atoms with Crippen molar-refractivity contribution in [2.24, 2.45) is 0 Å². The first-order valence-corrected chi connectivity index (χ1v) is 29.3. The van der Waals surface area contributed by atoms with Crippen molar-refractivity contribution in [2.75, 3.05) is 71.8 Å². The summed E-state index contributed by atoms with van der Waals surface area (Å²) in [5.41, 5.74) is 3.08. The van der Waals surface area contributed by atoms with E-state index in [2.05, 4.69) is 70.9 Å². The van der Waals surface area contributed by atoms with Crippen molar-refractivity contribution in [3.05, 3.63) is 156 Å². The first-order valence-electron chi connectivity index (χ1n) is 28.2. The second-order valence-electron chi connectivity index (χ2n) is 20.3. The lowest BCUT2D eigenvalue weighted by atomic mass is 9.80. The second kappa shape index (κ2) is 32.6. The number of hydrogen-bond acceptors (Lipinski definition) is 16. The number of carbonyl (C=O) groups excluding carboxylic acids is 3. The Kier molecular flexibility index (Phi) is 24.9. The smallest absolute Gasteiger partial charge is 0.259 e. The van der Waals surface area contributed by atoms with Gasteiger partial charge in [0.15, 0.2) is 17.0 Å². The van der Waals surface area contributed by atoms with E-state index in [0.29, 0.717) is 99.2 Å². The minimum atomic E-state index is -1.71. The minimum Gasteiger partial charge on any atom is -0.497 e. The van der Waals surface area contributed by atoms with Crippen molar-refractivity contribution in [1.82, 2.24) is 34.8 Å². The summed E-state index contributed by atoms with van der Waals surface area (Å²) in [6, 6.07) is 37.0. The van der Waals surface area contributed by atoms with Crippen LogP contribution in [0.25, 0.3) is 11.2 Å². The summed E-state index contributed by atoms with van der Waals surface area (Å²) >= 11 is 0. The molecule has 0 spiro atoms. The molecule has 3 heterocycles. The van der Waals surface area contributed by atoms with E-state index in [1.807, 2.05) is 89.5 Å². The SMILES string of the molecule is C=C(C)C(=O)NCCOCCOCCNC(=O)CCCCCOc1ccc(C(OC[C@H]2O[C@@H](n3cnc4c(NC(=O)c5ccccc5)ncnc43)C[C@@H]2OP(OCCC#N)N(C(C)C)C(C)C)(c2ccccc2)c2ccc(OC)cc2)cc1. The summed E-state index contributed by atoms with van der Waals surface area (Å²) in [5.74, 6) is 1.06. The van der Waals surface area contributed by atoms with E-state index < -0.39 is 32.6 Å². The molecule has 83 heavy (non-hydrogen) atoms. The van der Waals surface area contributed by atoms with Crippen LogP contribution in [0.15, 0.2) is 134 Å². The van der Waals surface area contributed by atoms with Gasteiger partial charge in [0, 0.05) is 49.2 Å². The van der Waals surface area contributed by atoms with E-state index >= 15 is 0 Å². The Hall–Kier alpha value is -7.18. The van der Waals surface area contributed by atoms with Crippen LogP contribution in [0.1, 0.15) is 106 Å². The number of fused-ring (bicyclic) bond motifs is 1. The maximum Gasteiger partial charge on any atom is 0.259 e. The van der Waals surface area contributed by atoms with Gasteiger partial charge >= 0.3 is 0 Å². The number of nitrogens with zero attached hydrogens (tertiary/aromatic N) is 6. The minimum absolute atomic E-state index is 0.0314. The van der Waals surface area contributed by atoms with Gasteiger partial charge in [-0.2, -0.15) is 5.26 Å². The van der Waals surface area contributed by atoms with Crippen LogP contribution in [0.5, 0.6) is 11.5 Å². The highest BCUT2D eigenvalue weighted by Crippen LogP contribution is 2.51. The predicted octanol–water partition coefficient (Wildman–Crippen LogP) is 9.83. The highest BCUT2D eigenvalue weighted by molar-refractivity contribution is 7.44. The number of rotatable bonds is 35. The molecule has 2 unspecified atom stereocenters. The fourth-order valence-electron chi connectivity index (χ4n) is 9.52. The largest absolute Gasteiger partial charge is 0.497 e. The highest BCUT2D eigenvalue weighted by Gasteiger charge is 2.45. The molecule has 1 aliphatic rings. The molecule has 6 aromatic rings. The maximum atomic E-state index is 13.3. The van der Waals surface area contributed by atoms with E-state index in [0.717, 1.165) is 29.5 Å². The fourth-order valence-corrected chi connectivity index (χ4v) is 11.3. The topological polar surface area (TPSA) is 232 Å². The van der Waals surface area contributed by atoms with Crippen molar-refractivity contribution in [3.63, 3.8) is 0 Å². The van der Waals surface area contributed by atoms with Gasteiger partial charge in [-0.05, 0) is 107 Å². The number of aromatic nitrogens is 4. The third kappa shape index (κ3) is 17.9. The quantitative estimate of drug-likeness (QED) is 0.0145. The molecule has 1 saturated heterocycles.